The number of aromatic carboxylic acids is 1. The molecule has 6 nitrogen and oxygen atoms in total. The summed E-state index contributed by atoms with van der Waals surface area (Å²) in [4.78, 5) is 14.0. The second-order valence-corrected chi connectivity index (χ2v) is 22.3. The summed E-state index contributed by atoms with van der Waals surface area (Å²) in [5, 5.41) is 13.8. The molecule has 9 unspecified atom stereocenters. The number of carboxylic acids is 1. The van der Waals surface area contributed by atoms with Gasteiger partial charge in [0.05, 0.1) is 17.1 Å². The lowest BCUT2D eigenvalue weighted by Crippen LogP contribution is -2.68. The van der Waals surface area contributed by atoms with Crippen LogP contribution in [-0.2, 0) is 9.84 Å². The molecule has 0 aromatic heterocycles. The lowest BCUT2D eigenvalue weighted by molar-refractivity contribution is -0.222. The van der Waals surface area contributed by atoms with Crippen molar-refractivity contribution in [2.45, 2.75) is 118 Å². The molecule has 50 heavy (non-hydrogen) atoms. The van der Waals surface area contributed by atoms with E-state index in [1.807, 2.05) is 12.1 Å². The zero-order valence-electron chi connectivity index (χ0n) is 31.8. The molecule has 1 saturated heterocycles. The monoisotopic (exact) mass is 704 g/mol. The van der Waals surface area contributed by atoms with E-state index in [0.29, 0.717) is 58.2 Å². The Morgan fingerprint density at radius 1 is 0.820 bits per heavy atom. The van der Waals surface area contributed by atoms with Gasteiger partial charge < -0.3 is 15.3 Å². The number of nitrogens with one attached hydrogen (secondary N) is 1. The number of hydrogen-bond donors (Lipinski definition) is 2. The third kappa shape index (κ3) is 5.19. The van der Waals surface area contributed by atoms with Crippen LogP contribution in [0.4, 0.5) is 0 Å². The van der Waals surface area contributed by atoms with Gasteiger partial charge in [-0.05, 0) is 151 Å². The summed E-state index contributed by atoms with van der Waals surface area (Å²) in [6.45, 7) is 19.0. The van der Waals surface area contributed by atoms with Gasteiger partial charge in [0.25, 0.3) is 0 Å². The highest BCUT2D eigenvalue weighted by Gasteiger charge is 2.71. The van der Waals surface area contributed by atoms with E-state index in [9.17, 15) is 18.3 Å². The number of hydrogen-bond acceptors (Lipinski definition) is 5. The number of fused-ring (bicyclic) bond motifs is 7. The Morgan fingerprint density at radius 2 is 1.52 bits per heavy atom. The molecule has 0 amide bonds. The summed E-state index contributed by atoms with van der Waals surface area (Å²) >= 11 is 0. The predicted octanol–water partition coefficient (Wildman–Crippen LogP) is 8.33. The van der Waals surface area contributed by atoms with Gasteiger partial charge in [-0.15, -0.1) is 0 Å². The number of allylic oxidation sites excluding steroid dienone is 2. The third-order valence-electron chi connectivity index (χ3n) is 17.7. The van der Waals surface area contributed by atoms with E-state index < -0.39 is 15.8 Å². The topological polar surface area (TPSA) is 86.7 Å². The first-order chi connectivity index (χ1) is 23.5. The van der Waals surface area contributed by atoms with Crippen molar-refractivity contribution >= 4 is 21.4 Å². The SMILES string of the molecule is CC1(C2CCC3(NCCN4CCS(=O)(=O)CC4)CCC4(C)C(CCC5C6(C)CC=C(c7ccc(C(=O)O)cc7)C(C)(C)C6CCC54C)C23)CC1. The molecule has 1 aliphatic heterocycles. The summed E-state index contributed by atoms with van der Waals surface area (Å²) in [7, 11) is -2.85. The molecule has 2 N–H and O–H groups in total. The van der Waals surface area contributed by atoms with E-state index in [-0.39, 0.29) is 16.4 Å². The Balaban J connectivity index is 1.06. The number of benzene rings is 1. The molecule has 1 aromatic carbocycles. The second kappa shape index (κ2) is 11.6. The first-order valence-electron chi connectivity index (χ1n) is 20.2. The molecular formula is C43H64N2O4S. The van der Waals surface area contributed by atoms with E-state index in [2.05, 4.69) is 57.8 Å². The minimum Gasteiger partial charge on any atom is -0.478 e. The van der Waals surface area contributed by atoms with Crippen LogP contribution in [0.15, 0.2) is 30.3 Å². The molecule has 7 heteroatoms. The molecular weight excluding hydrogens is 641 g/mol. The van der Waals surface area contributed by atoms with E-state index >= 15 is 0 Å². The summed E-state index contributed by atoms with van der Waals surface area (Å²) in [6, 6.07) is 7.63. The van der Waals surface area contributed by atoms with Crippen LogP contribution < -0.4 is 5.32 Å². The Morgan fingerprint density at radius 3 is 2.18 bits per heavy atom. The van der Waals surface area contributed by atoms with Crippen LogP contribution in [0.3, 0.4) is 0 Å². The first-order valence-corrected chi connectivity index (χ1v) is 22.0. The fraction of sp³-hybridized carbons (Fsp3) is 0.791. The molecule has 9 atom stereocenters. The van der Waals surface area contributed by atoms with Crippen molar-refractivity contribution in [1.29, 1.82) is 0 Å². The summed E-state index contributed by atoms with van der Waals surface area (Å²) in [5.41, 5.74) is 4.63. The van der Waals surface area contributed by atoms with E-state index in [4.69, 9.17) is 0 Å². The molecule has 0 radical (unpaired) electrons. The van der Waals surface area contributed by atoms with Crippen LogP contribution >= 0.6 is 0 Å². The Kier molecular flexibility index (Phi) is 8.23. The van der Waals surface area contributed by atoms with Crippen molar-refractivity contribution in [1.82, 2.24) is 10.2 Å². The van der Waals surface area contributed by atoms with Crippen LogP contribution in [0, 0.1) is 56.7 Å². The Hall–Kier alpha value is -1.70. The minimum atomic E-state index is -2.85. The van der Waals surface area contributed by atoms with Crippen LogP contribution in [0.2, 0.25) is 0 Å². The van der Waals surface area contributed by atoms with Gasteiger partial charge in [-0.25, -0.2) is 13.2 Å². The van der Waals surface area contributed by atoms with Crippen molar-refractivity contribution in [2.75, 3.05) is 37.7 Å². The molecule has 6 fully saturated rings. The number of carbonyl (C=O) groups is 1. The van der Waals surface area contributed by atoms with Crippen LogP contribution in [0.1, 0.15) is 128 Å². The smallest absolute Gasteiger partial charge is 0.335 e. The highest BCUT2D eigenvalue weighted by atomic mass is 32.2. The van der Waals surface area contributed by atoms with Crippen LogP contribution in [0.25, 0.3) is 5.57 Å². The zero-order chi connectivity index (χ0) is 35.5. The van der Waals surface area contributed by atoms with Gasteiger partial charge in [0, 0.05) is 31.7 Å². The maximum Gasteiger partial charge on any atom is 0.335 e. The molecule has 1 heterocycles. The fourth-order valence-corrected chi connectivity index (χ4v) is 15.9. The van der Waals surface area contributed by atoms with E-state index in [1.54, 1.807) is 12.1 Å². The summed E-state index contributed by atoms with van der Waals surface area (Å²) in [6.07, 6.45) is 17.0. The van der Waals surface area contributed by atoms with Gasteiger partial charge in [0.2, 0.25) is 0 Å². The maximum absolute atomic E-state index is 12.1. The van der Waals surface area contributed by atoms with E-state index in [1.165, 1.54) is 75.3 Å². The highest BCUT2D eigenvalue weighted by molar-refractivity contribution is 7.91. The molecule has 8 rings (SSSR count). The van der Waals surface area contributed by atoms with E-state index in [0.717, 1.165) is 37.3 Å². The van der Waals surface area contributed by atoms with Gasteiger partial charge in [-0.3, -0.25) is 0 Å². The molecule has 5 saturated carbocycles. The van der Waals surface area contributed by atoms with Crippen molar-refractivity contribution in [3.05, 3.63) is 41.5 Å². The largest absolute Gasteiger partial charge is 0.478 e. The summed E-state index contributed by atoms with van der Waals surface area (Å²) < 4.78 is 24.1. The molecule has 0 bridgehead atoms. The van der Waals surface area contributed by atoms with Crippen LogP contribution in [-0.4, -0.2) is 67.6 Å². The zero-order valence-corrected chi connectivity index (χ0v) is 32.6. The average molecular weight is 705 g/mol. The van der Waals surface area contributed by atoms with Gasteiger partial charge in [0.15, 0.2) is 9.84 Å². The minimum absolute atomic E-state index is 0.0259. The number of nitrogens with zero attached hydrogens (tertiary/aromatic N) is 1. The van der Waals surface area contributed by atoms with Crippen molar-refractivity contribution in [3.8, 4) is 0 Å². The van der Waals surface area contributed by atoms with Crippen molar-refractivity contribution in [2.24, 2.45) is 56.7 Å². The van der Waals surface area contributed by atoms with Crippen LogP contribution in [0.5, 0.6) is 0 Å². The molecule has 6 aliphatic carbocycles. The maximum atomic E-state index is 12.1. The molecule has 276 valence electrons. The lowest BCUT2D eigenvalue weighted by atomic mass is 9.32. The quantitative estimate of drug-likeness (QED) is 0.297. The number of rotatable bonds is 7. The second-order valence-electron chi connectivity index (χ2n) is 20.0. The summed E-state index contributed by atoms with van der Waals surface area (Å²) in [5.74, 6) is 3.38. The van der Waals surface area contributed by atoms with Gasteiger partial charge >= 0.3 is 5.97 Å². The average Bonchev–Trinajstić information content (AvgIpc) is 3.68. The molecule has 7 aliphatic rings. The van der Waals surface area contributed by atoms with Gasteiger partial charge in [-0.2, -0.15) is 0 Å². The van der Waals surface area contributed by atoms with Gasteiger partial charge in [0.1, 0.15) is 0 Å². The standard InChI is InChI=1S/C43H64N2O4S/c1-38(2)31(29-7-9-30(10-8-29)37(46)47)13-16-40(4)34(38)15-17-42(6)35(40)12-11-33-36-32(39(3)19-20-39)14-18-43(36,22-21-41(33,42)5)44-23-24-45-25-27-50(48,49)28-26-45/h7-10,13,32-36,44H,11-12,14-28H2,1-6H3,(H,46,47). The first kappa shape index (κ1) is 35.3. The van der Waals surface area contributed by atoms with Crippen molar-refractivity contribution in [3.63, 3.8) is 0 Å². The molecule has 1 aromatic rings. The number of sulfone groups is 1. The molecule has 0 spiro atoms. The third-order valence-corrected chi connectivity index (χ3v) is 19.3. The number of carboxylic acid groups (broad SMARTS) is 1. The Bertz CT molecular complexity index is 1650. The predicted molar refractivity (Wildman–Crippen MR) is 202 cm³/mol. The Labute approximate surface area is 302 Å². The van der Waals surface area contributed by atoms with Crippen molar-refractivity contribution < 1.29 is 18.3 Å². The normalized spacial score (nSPS) is 44.2. The lowest BCUT2D eigenvalue weighted by Gasteiger charge is -2.72. The fourth-order valence-electron chi connectivity index (χ4n) is 14.6. The van der Waals surface area contributed by atoms with Gasteiger partial charge in [-0.1, -0.05) is 59.8 Å². The highest BCUT2D eigenvalue weighted by Crippen LogP contribution is 2.78.